The molecule has 1 saturated heterocycles. The smallest absolute Gasteiger partial charge is 0.306 e. The summed E-state index contributed by atoms with van der Waals surface area (Å²) < 4.78 is 5.40. The molecule has 0 aromatic heterocycles. The molecule has 1 N–H and O–H groups in total. The molecule has 0 amide bonds. The number of piperidine rings is 1. The third kappa shape index (κ3) is 3.07. The highest BCUT2D eigenvalue weighted by atomic mass is 16.5. The topological polar surface area (TPSA) is 49.8 Å². The minimum atomic E-state index is -0.662. The number of hydrogen-bond donors (Lipinski definition) is 1. The number of benzene rings is 1. The van der Waals surface area contributed by atoms with Crippen LogP contribution in [-0.4, -0.2) is 36.2 Å². The fourth-order valence-corrected chi connectivity index (χ4v) is 2.74. The molecule has 1 aromatic carbocycles. The molecule has 1 aliphatic heterocycles. The van der Waals surface area contributed by atoms with Gasteiger partial charge in [0.05, 0.1) is 13.0 Å². The second-order valence-electron chi connectivity index (χ2n) is 5.07. The molecular weight excluding hydrogens is 242 g/mol. The normalized spacial score (nSPS) is 19.1. The maximum absolute atomic E-state index is 11.0. The van der Waals surface area contributed by atoms with E-state index in [1.54, 1.807) is 7.11 Å². The van der Waals surface area contributed by atoms with Crippen molar-refractivity contribution in [3.63, 3.8) is 0 Å². The zero-order valence-corrected chi connectivity index (χ0v) is 11.5. The molecule has 0 aliphatic carbocycles. The highest BCUT2D eigenvalue weighted by molar-refractivity contribution is 5.70. The van der Waals surface area contributed by atoms with Crippen LogP contribution in [0.5, 0.6) is 5.75 Å². The van der Waals surface area contributed by atoms with Gasteiger partial charge >= 0.3 is 5.97 Å². The zero-order valence-electron chi connectivity index (χ0n) is 11.5. The first-order valence-electron chi connectivity index (χ1n) is 6.73. The van der Waals surface area contributed by atoms with E-state index in [-0.39, 0.29) is 12.0 Å². The lowest BCUT2D eigenvalue weighted by Crippen LogP contribution is -2.37. The molecule has 2 rings (SSSR count). The molecule has 1 heterocycles. The second kappa shape index (κ2) is 6.06. The van der Waals surface area contributed by atoms with Crippen molar-refractivity contribution in [2.75, 3.05) is 20.2 Å². The van der Waals surface area contributed by atoms with Gasteiger partial charge in [0.25, 0.3) is 0 Å². The molecule has 104 valence electrons. The lowest BCUT2D eigenvalue weighted by atomic mass is 9.94. The number of ether oxygens (including phenoxy) is 1. The van der Waals surface area contributed by atoms with Gasteiger partial charge in [-0.2, -0.15) is 0 Å². The highest BCUT2D eigenvalue weighted by Crippen LogP contribution is 2.31. The Morgan fingerprint density at radius 2 is 2.00 bits per heavy atom. The van der Waals surface area contributed by atoms with E-state index in [9.17, 15) is 4.79 Å². The monoisotopic (exact) mass is 263 g/mol. The summed E-state index contributed by atoms with van der Waals surface area (Å²) in [4.78, 5) is 13.3. The van der Waals surface area contributed by atoms with Crippen LogP contribution in [0.15, 0.2) is 24.3 Å². The predicted molar refractivity (Wildman–Crippen MR) is 73.3 cm³/mol. The van der Waals surface area contributed by atoms with Crippen molar-refractivity contribution in [3.8, 4) is 5.75 Å². The van der Waals surface area contributed by atoms with Crippen molar-refractivity contribution in [2.45, 2.75) is 25.8 Å². The van der Waals surface area contributed by atoms with Gasteiger partial charge in [0.1, 0.15) is 5.75 Å². The van der Waals surface area contributed by atoms with Crippen molar-refractivity contribution in [3.05, 3.63) is 29.8 Å². The largest absolute Gasteiger partial charge is 0.496 e. The van der Waals surface area contributed by atoms with Crippen LogP contribution in [0, 0.1) is 5.92 Å². The van der Waals surface area contributed by atoms with Crippen LogP contribution >= 0.6 is 0 Å². The van der Waals surface area contributed by atoms with E-state index < -0.39 is 5.97 Å². The van der Waals surface area contributed by atoms with E-state index in [0.717, 1.165) is 31.7 Å². The fourth-order valence-electron chi connectivity index (χ4n) is 2.74. The van der Waals surface area contributed by atoms with Gasteiger partial charge in [-0.15, -0.1) is 0 Å². The Bertz CT molecular complexity index is 439. The van der Waals surface area contributed by atoms with Gasteiger partial charge in [0.15, 0.2) is 0 Å². The Morgan fingerprint density at radius 3 is 2.58 bits per heavy atom. The van der Waals surface area contributed by atoms with Crippen molar-refractivity contribution in [1.82, 2.24) is 4.90 Å². The van der Waals surface area contributed by atoms with Gasteiger partial charge in [-0.3, -0.25) is 9.69 Å². The van der Waals surface area contributed by atoms with E-state index in [4.69, 9.17) is 9.84 Å². The first kappa shape index (κ1) is 13.9. The first-order valence-corrected chi connectivity index (χ1v) is 6.73. The van der Waals surface area contributed by atoms with Crippen LogP contribution in [-0.2, 0) is 4.79 Å². The van der Waals surface area contributed by atoms with Gasteiger partial charge in [-0.1, -0.05) is 18.2 Å². The third-order valence-electron chi connectivity index (χ3n) is 4.02. The summed E-state index contributed by atoms with van der Waals surface area (Å²) in [5.74, 6) is 0.0565. The average molecular weight is 263 g/mol. The summed E-state index contributed by atoms with van der Waals surface area (Å²) in [6, 6.07) is 8.28. The number of aliphatic carboxylic acids is 1. The number of carbonyl (C=O) groups is 1. The number of rotatable bonds is 4. The summed E-state index contributed by atoms with van der Waals surface area (Å²) in [5.41, 5.74) is 1.17. The fraction of sp³-hybridized carbons (Fsp3) is 0.533. The molecule has 1 atom stereocenters. The summed E-state index contributed by atoms with van der Waals surface area (Å²) in [6.45, 7) is 3.81. The standard InChI is InChI=1S/C15H21NO3/c1-11(13-5-3-4-6-14(13)19-2)16-9-7-12(8-10-16)15(17)18/h3-6,11-12H,7-10H2,1-2H3,(H,17,18). The van der Waals surface area contributed by atoms with E-state index in [2.05, 4.69) is 17.9 Å². The number of carboxylic acids is 1. The molecule has 1 fully saturated rings. The number of hydrogen-bond acceptors (Lipinski definition) is 3. The molecule has 4 heteroatoms. The number of para-hydroxylation sites is 1. The molecule has 0 spiro atoms. The van der Waals surface area contributed by atoms with Crippen molar-refractivity contribution >= 4 is 5.97 Å². The van der Waals surface area contributed by atoms with Gasteiger partial charge in [0.2, 0.25) is 0 Å². The van der Waals surface area contributed by atoms with Gasteiger partial charge in [0, 0.05) is 11.6 Å². The molecular formula is C15H21NO3. The van der Waals surface area contributed by atoms with Gasteiger partial charge in [-0.25, -0.2) is 0 Å². The van der Waals surface area contributed by atoms with Crippen LogP contribution in [0.4, 0.5) is 0 Å². The minimum absolute atomic E-state index is 0.180. The van der Waals surface area contributed by atoms with E-state index in [1.807, 2.05) is 18.2 Å². The highest BCUT2D eigenvalue weighted by Gasteiger charge is 2.28. The Labute approximate surface area is 114 Å². The van der Waals surface area contributed by atoms with Crippen LogP contribution in [0.1, 0.15) is 31.4 Å². The van der Waals surface area contributed by atoms with Crippen LogP contribution in [0.2, 0.25) is 0 Å². The SMILES string of the molecule is COc1ccccc1C(C)N1CCC(C(=O)O)CC1. The Morgan fingerprint density at radius 1 is 1.37 bits per heavy atom. The van der Waals surface area contributed by atoms with E-state index >= 15 is 0 Å². The minimum Gasteiger partial charge on any atom is -0.496 e. The summed E-state index contributed by atoms with van der Waals surface area (Å²) in [6.07, 6.45) is 1.46. The third-order valence-corrected chi connectivity index (χ3v) is 4.02. The number of nitrogens with zero attached hydrogens (tertiary/aromatic N) is 1. The van der Waals surface area contributed by atoms with Gasteiger partial charge < -0.3 is 9.84 Å². The van der Waals surface area contributed by atoms with E-state index in [0.29, 0.717) is 0 Å². The van der Waals surface area contributed by atoms with E-state index in [1.165, 1.54) is 5.56 Å². The molecule has 0 bridgehead atoms. The zero-order chi connectivity index (χ0) is 13.8. The lowest BCUT2D eigenvalue weighted by molar-refractivity contribution is -0.143. The summed E-state index contributed by atoms with van der Waals surface area (Å²) in [5, 5.41) is 9.02. The molecule has 1 unspecified atom stereocenters. The second-order valence-corrected chi connectivity index (χ2v) is 5.07. The van der Waals surface area contributed by atoms with Crippen LogP contribution in [0.3, 0.4) is 0 Å². The average Bonchev–Trinajstić information content (AvgIpc) is 2.46. The molecule has 4 nitrogen and oxygen atoms in total. The molecule has 1 aromatic rings. The maximum Gasteiger partial charge on any atom is 0.306 e. The number of likely N-dealkylation sites (tertiary alicyclic amines) is 1. The maximum atomic E-state index is 11.0. The Hall–Kier alpha value is -1.55. The first-order chi connectivity index (χ1) is 9.13. The van der Waals surface area contributed by atoms with Crippen molar-refractivity contribution in [2.24, 2.45) is 5.92 Å². The molecule has 0 radical (unpaired) electrons. The lowest BCUT2D eigenvalue weighted by Gasteiger charge is -2.35. The quantitative estimate of drug-likeness (QED) is 0.907. The van der Waals surface area contributed by atoms with Crippen LogP contribution < -0.4 is 4.74 Å². The molecule has 1 aliphatic rings. The van der Waals surface area contributed by atoms with Crippen molar-refractivity contribution < 1.29 is 14.6 Å². The van der Waals surface area contributed by atoms with Crippen LogP contribution in [0.25, 0.3) is 0 Å². The van der Waals surface area contributed by atoms with Gasteiger partial charge in [-0.05, 0) is 38.9 Å². The summed E-state index contributed by atoms with van der Waals surface area (Å²) >= 11 is 0. The molecule has 19 heavy (non-hydrogen) atoms. The predicted octanol–water partition coefficient (Wildman–Crippen LogP) is 2.55. The number of methoxy groups -OCH3 is 1. The summed E-state index contributed by atoms with van der Waals surface area (Å²) in [7, 11) is 1.68. The molecule has 0 saturated carbocycles. The Balaban J connectivity index is 2.05. The number of carboxylic acid groups (broad SMARTS) is 1. The Kier molecular flexibility index (Phi) is 4.43. The van der Waals surface area contributed by atoms with Crippen molar-refractivity contribution in [1.29, 1.82) is 0 Å².